The standard InChI is InChI=1S/C15H22N2/c1-2-13-3-5-14(6-4-13)16-9-11-17(12-10-16)15-7-8-15/h3-6,15H,2,7-12H2,1H3. The Morgan fingerprint density at radius 2 is 1.65 bits per heavy atom. The second-order valence-electron chi connectivity index (χ2n) is 5.27. The van der Waals surface area contributed by atoms with Gasteiger partial charge >= 0.3 is 0 Å². The van der Waals surface area contributed by atoms with Crippen LogP contribution in [0.2, 0.25) is 0 Å². The molecule has 0 unspecified atom stereocenters. The highest BCUT2D eigenvalue weighted by Gasteiger charge is 2.31. The first kappa shape index (κ1) is 11.1. The van der Waals surface area contributed by atoms with Gasteiger partial charge in [-0.1, -0.05) is 19.1 Å². The number of aryl methyl sites for hydroxylation is 1. The molecule has 17 heavy (non-hydrogen) atoms. The first-order valence-corrected chi connectivity index (χ1v) is 6.95. The molecule has 1 saturated carbocycles. The Morgan fingerprint density at radius 3 is 2.18 bits per heavy atom. The number of nitrogens with zero attached hydrogens (tertiary/aromatic N) is 2. The third kappa shape index (κ3) is 2.47. The van der Waals surface area contributed by atoms with Crippen molar-refractivity contribution in [2.75, 3.05) is 31.1 Å². The van der Waals surface area contributed by atoms with Gasteiger partial charge in [0.25, 0.3) is 0 Å². The molecule has 3 rings (SSSR count). The zero-order valence-corrected chi connectivity index (χ0v) is 10.7. The van der Waals surface area contributed by atoms with E-state index < -0.39 is 0 Å². The van der Waals surface area contributed by atoms with Crippen LogP contribution in [0.4, 0.5) is 5.69 Å². The van der Waals surface area contributed by atoms with Crippen molar-refractivity contribution in [2.24, 2.45) is 0 Å². The van der Waals surface area contributed by atoms with E-state index in [1.165, 1.54) is 50.3 Å². The van der Waals surface area contributed by atoms with Gasteiger partial charge in [-0.15, -0.1) is 0 Å². The summed E-state index contributed by atoms with van der Waals surface area (Å²) in [6.45, 7) is 7.10. The van der Waals surface area contributed by atoms with Crippen LogP contribution >= 0.6 is 0 Å². The zero-order valence-electron chi connectivity index (χ0n) is 10.7. The van der Waals surface area contributed by atoms with Crippen molar-refractivity contribution >= 4 is 5.69 Å². The second kappa shape index (κ2) is 4.69. The predicted octanol–water partition coefficient (Wildman–Crippen LogP) is 2.53. The highest BCUT2D eigenvalue weighted by Crippen LogP contribution is 2.28. The van der Waals surface area contributed by atoms with Crippen molar-refractivity contribution in [1.82, 2.24) is 4.90 Å². The lowest BCUT2D eigenvalue weighted by Crippen LogP contribution is -2.47. The molecule has 1 heterocycles. The third-order valence-electron chi connectivity index (χ3n) is 4.09. The van der Waals surface area contributed by atoms with Crippen LogP contribution in [0.15, 0.2) is 24.3 Å². The minimum absolute atomic E-state index is 0.930. The van der Waals surface area contributed by atoms with Crippen molar-refractivity contribution in [1.29, 1.82) is 0 Å². The molecular formula is C15H22N2. The molecule has 2 nitrogen and oxygen atoms in total. The molecule has 1 aliphatic heterocycles. The molecule has 0 radical (unpaired) electrons. The van der Waals surface area contributed by atoms with E-state index >= 15 is 0 Å². The SMILES string of the molecule is CCc1ccc(N2CCN(C3CC3)CC2)cc1. The first-order chi connectivity index (χ1) is 8.36. The topological polar surface area (TPSA) is 6.48 Å². The highest BCUT2D eigenvalue weighted by molar-refractivity contribution is 5.48. The molecule has 0 amide bonds. The molecule has 0 N–H and O–H groups in total. The largest absolute Gasteiger partial charge is 0.369 e. The maximum Gasteiger partial charge on any atom is 0.0367 e. The lowest BCUT2D eigenvalue weighted by molar-refractivity contribution is 0.248. The van der Waals surface area contributed by atoms with E-state index in [1.54, 1.807) is 0 Å². The van der Waals surface area contributed by atoms with E-state index in [2.05, 4.69) is 41.0 Å². The summed E-state index contributed by atoms with van der Waals surface area (Å²) >= 11 is 0. The Bertz CT molecular complexity index is 359. The molecule has 1 saturated heterocycles. The maximum atomic E-state index is 2.66. The number of hydrogen-bond acceptors (Lipinski definition) is 2. The average Bonchev–Trinajstić information content (AvgIpc) is 3.24. The van der Waals surface area contributed by atoms with Gasteiger partial charge in [-0.05, 0) is 37.0 Å². The summed E-state index contributed by atoms with van der Waals surface area (Å²) in [6.07, 6.45) is 4.01. The number of piperazine rings is 1. The van der Waals surface area contributed by atoms with Crippen LogP contribution in [0.3, 0.4) is 0 Å². The number of benzene rings is 1. The summed E-state index contributed by atoms with van der Waals surface area (Å²) in [5, 5.41) is 0. The molecule has 2 aliphatic rings. The smallest absolute Gasteiger partial charge is 0.0367 e. The normalized spacial score (nSPS) is 21.8. The van der Waals surface area contributed by atoms with Crippen molar-refractivity contribution in [3.8, 4) is 0 Å². The summed E-state index contributed by atoms with van der Waals surface area (Å²) in [6, 6.07) is 10.0. The van der Waals surface area contributed by atoms with Crippen LogP contribution in [0.1, 0.15) is 25.3 Å². The van der Waals surface area contributed by atoms with Crippen molar-refractivity contribution in [3.05, 3.63) is 29.8 Å². The quantitative estimate of drug-likeness (QED) is 0.787. The van der Waals surface area contributed by atoms with E-state index in [1.807, 2.05) is 0 Å². The summed E-state index contributed by atoms with van der Waals surface area (Å²) in [5.74, 6) is 0. The van der Waals surface area contributed by atoms with E-state index in [-0.39, 0.29) is 0 Å². The Balaban J connectivity index is 1.60. The molecule has 2 heteroatoms. The lowest BCUT2D eigenvalue weighted by Gasteiger charge is -2.36. The first-order valence-electron chi connectivity index (χ1n) is 6.95. The minimum atomic E-state index is 0.930. The Kier molecular flexibility index (Phi) is 3.06. The number of rotatable bonds is 3. The van der Waals surface area contributed by atoms with E-state index in [0.717, 1.165) is 12.5 Å². The molecule has 92 valence electrons. The second-order valence-corrected chi connectivity index (χ2v) is 5.27. The summed E-state index contributed by atoms with van der Waals surface area (Å²) in [4.78, 5) is 5.19. The predicted molar refractivity (Wildman–Crippen MR) is 72.6 cm³/mol. The molecule has 0 atom stereocenters. The summed E-state index contributed by atoms with van der Waals surface area (Å²) in [7, 11) is 0. The molecule has 2 fully saturated rings. The molecule has 0 aromatic heterocycles. The van der Waals surface area contributed by atoms with Gasteiger partial charge in [-0.25, -0.2) is 0 Å². The van der Waals surface area contributed by atoms with E-state index in [9.17, 15) is 0 Å². The highest BCUT2D eigenvalue weighted by atomic mass is 15.3. The maximum absolute atomic E-state index is 2.66. The molecule has 1 aromatic carbocycles. The molecule has 0 bridgehead atoms. The number of anilines is 1. The van der Waals surface area contributed by atoms with Gasteiger partial charge in [0.1, 0.15) is 0 Å². The minimum Gasteiger partial charge on any atom is -0.369 e. The molecule has 1 aromatic rings. The fourth-order valence-electron chi connectivity index (χ4n) is 2.73. The van der Waals surface area contributed by atoms with Gasteiger partial charge in [0.05, 0.1) is 0 Å². The zero-order chi connectivity index (χ0) is 11.7. The Morgan fingerprint density at radius 1 is 1.00 bits per heavy atom. The van der Waals surface area contributed by atoms with Crippen molar-refractivity contribution in [3.63, 3.8) is 0 Å². The van der Waals surface area contributed by atoms with Crippen LogP contribution < -0.4 is 4.90 Å². The average molecular weight is 230 g/mol. The molecule has 0 spiro atoms. The van der Waals surface area contributed by atoms with Crippen LogP contribution in [-0.2, 0) is 6.42 Å². The van der Waals surface area contributed by atoms with Crippen molar-refractivity contribution < 1.29 is 0 Å². The monoisotopic (exact) mass is 230 g/mol. The lowest BCUT2D eigenvalue weighted by atomic mass is 10.1. The van der Waals surface area contributed by atoms with Gasteiger partial charge in [0.2, 0.25) is 0 Å². The Hall–Kier alpha value is -1.02. The molecule has 1 aliphatic carbocycles. The summed E-state index contributed by atoms with van der Waals surface area (Å²) < 4.78 is 0. The van der Waals surface area contributed by atoms with E-state index in [4.69, 9.17) is 0 Å². The number of hydrogen-bond donors (Lipinski definition) is 0. The van der Waals surface area contributed by atoms with Crippen LogP contribution in [-0.4, -0.2) is 37.1 Å². The van der Waals surface area contributed by atoms with Crippen LogP contribution in [0.5, 0.6) is 0 Å². The van der Waals surface area contributed by atoms with Crippen molar-refractivity contribution in [2.45, 2.75) is 32.2 Å². The molecular weight excluding hydrogens is 208 g/mol. The van der Waals surface area contributed by atoms with E-state index in [0.29, 0.717) is 0 Å². The van der Waals surface area contributed by atoms with Gasteiger partial charge in [-0.3, -0.25) is 4.90 Å². The third-order valence-corrected chi connectivity index (χ3v) is 4.09. The van der Waals surface area contributed by atoms with Crippen LogP contribution in [0, 0.1) is 0 Å². The summed E-state index contributed by atoms with van der Waals surface area (Å²) in [5.41, 5.74) is 2.84. The van der Waals surface area contributed by atoms with Gasteiger partial charge in [0.15, 0.2) is 0 Å². The van der Waals surface area contributed by atoms with Gasteiger partial charge < -0.3 is 4.90 Å². The Labute approximate surface area is 104 Å². The van der Waals surface area contributed by atoms with Gasteiger partial charge in [-0.2, -0.15) is 0 Å². The fourth-order valence-corrected chi connectivity index (χ4v) is 2.73. The van der Waals surface area contributed by atoms with Crippen LogP contribution in [0.25, 0.3) is 0 Å². The van der Waals surface area contributed by atoms with Gasteiger partial charge in [0, 0.05) is 37.9 Å². The fraction of sp³-hybridized carbons (Fsp3) is 0.600.